The monoisotopic (exact) mass is 1010 g/mol. The highest BCUT2D eigenvalue weighted by Crippen LogP contribution is 2.51. The van der Waals surface area contributed by atoms with Gasteiger partial charge in [0.25, 0.3) is 0 Å². The third-order valence-corrected chi connectivity index (χ3v) is 16.7. The van der Waals surface area contributed by atoms with E-state index in [9.17, 15) is 10.5 Å². The summed E-state index contributed by atoms with van der Waals surface area (Å²) in [4.78, 5) is 0. The molecule has 0 radical (unpaired) electrons. The summed E-state index contributed by atoms with van der Waals surface area (Å²) in [6, 6.07) is 84.8. The second-order valence-corrected chi connectivity index (χ2v) is 20.7. The van der Waals surface area contributed by atoms with E-state index in [2.05, 4.69) is 238 Å². The van der Waals surface area contributed by atoms with E-state index in [-0.39, 0.29) is 0 Å². The lowest BCUT2D eigenvalue weighted by Crippen LogP contribution is -2.17. The maximum atomic E-state index is 12.7. The molecular formula is C72H46N6O. The van der Waals surface area contributed by atoms with E-state index >= 15 is 0 Å². The molecule has 79 heavy (non-hydrogen) atoms. The van der Waals surface area contributed by atoms with E-state index in [1.807, 2.05) is 24.3 Å². The molecule has 0 N–H and O–H groups in total. The standard InChI is InChI=1S/C72H46N6O/c1-2-3-20-44-21-4-5-22-46(44)45-37-38-53-54-39-40-66-67(55-29-12-19-36-65(55)79-66)69(54)78(64(53)41-45)72-70(76-60-32-15-8-25-49(60)50-26-9-16-33-61(50)76)56(42-73)68(75-58-30-13-6-23-47(58)48-24-7-14-31-59(48)75)57(43-74)71(72)77-62-34-17-10-27-51(62)52-28-11-18-35-63(52)77/h4-19,21-41H,2-3,20H2,1H3. The molecule has 0 unspecified atom stereocenters. The number of aryl methyl sites for hydroxylation is 1. The number of unbranched alkanes of at least 4 members (excludes halogenated alkanes) is 1. The second kappa shape index (κ2) is 17.2. The van der Waals surface area contributed by atoms with E-state index in [1.165, 1.54) is 11.1 Å². The summed E-state index contributed by atoms with van der Waals surface area (Å²) in [6.45, 7) is 2.24. The molecule has 16 aromatic rings. The first-order valence-electron chi connectivity index (χ1n) is 27.1. The van der Waals surface area contributed by atoms with Gasteiger partial charge < -0.3 is 22.7 Å². The molecular weight excluding hydrogens is 965 g/mol. The van der Waals surface area contributed by atoms with Crippen LogP contribution in [0.3, 0.4) is 0 Å². The minimum atomic E-state index is 0.356. The van der Waals surface area contributed by atoms with Gasteiger partial charge in [-0.2, -0.15) is 10.5 Å². The van der Waals surface area contributed by atoms with Gasteiger partial charge in [-0.15, -0.1) is 0 Å². The molecule has 0 spiro atoms. The molecule has 0 saturated heterocycles. The number of nitrogens with zero attached hydrogens (tertiary/aromatic N) is 6. The Morgan fingerprint density at radius 1 is 0.367 bits per heavy atom. The van der Waals surface area contributed by atoms with Crippen molar-refractivity contribution in [3.63, 3.8) is 0 Å². The first-order chi connectivity index (χ1) is 39.1. The fraction of sp³-hybridized carbons (Fsp3) is 0.0556. The molecule has 11 aromatic carbocycles. The van der Waals surface area contributed by atoms with Crippen molar-refractivity contribution in [1.82, 2.24) is 18.3 Å². The zero-order valence-corrected chi connectivity index (χ0v) is 43.1. The summed E-state index contributed by atoms with van der Waals surface area (Å²) >= 11 is 0. The molecule has 0 saturated carbocycles. The summed E-state index contributed by atoms with van der Waals surface area (Å²) in [5.41, 5.74) is 15.6. The lowest BCUT2D eigenvalue weighted by Gasteiger charge is -2.27. The van der Waals surface area contributed by atoms with Crippen molar-refractivity contribution in [3.05, 3.63) is 241 Å². The van der Waals surface area contributed by atoms with Gasteiger partial charge in [0.2, 0.25) is 0 Å². The molecule has 16 rings (SSSR count). The summed E-state index contributed by atoms with van der Waals surface area (Å²) in [6.07, 6.45) is 3.11. The number of nitriles is 2. The van der Waals surface area contributed by atoms with E-state index in [0.717, 1.165) is 134 Å². The van der Waals surface area contributed by atoms with Crippen LogP contribution >= 0.6 is 0 Å². The average molecular weight is 1010 g/mol. The predicted octanol–water partition coefficient (Wildman–Crippen LogP) is 18.7. The summed E-state index contributed by atoms with van der Waals surface area (Å²) in [5, 5.41) is 35.5. The van der Waals surface area contributed by atoms with E-state index < -0.39 is 0 Å². The molecule has 370 valence electrons. The molecule has 5 heterocycles. The van der Waals surface area contributed by atoms with Crippen molar-refractivity contribution in [3.8, 4) is 46.0 Å². The van der Waals surface area contributed by atoms with Gasteiger partial charge in [0.15, 0.2) is 0 Å². The van der Waals surface area contributed by atoms with Crippen LogP contribution in [-0.4, -0.2) is 18.3 Å². The number of hydrogen-bond donors (Lipinski definition) is 0. The maximum absolute atomic E-state index is 12.7. The van der Waals surface area contributed by atoms with Gasteiger partial charge in [-0.3, -0.25) is 0 Å². The van der Waals surface area contributed by atoms with Crippen LogP contribution in [-0.2, 0) is 6.42 Å². The lowest BCUT2D eigenvalue weighted by atomic mass is 9.95. The van der Waals surface area contributed by atoms with Gasteiger partial charge in [0.1, 0.15) is 34.4 Å². The predicted molar refractivity (Wildman–Crippen MR) is 325 cm³/mol. The number of aromatic nitrogens is 4. The molecule has 0 bridgehead atoms. The normalized spacial score (nSPS) is 12.0. The smallest absolute Gasteiger partial charge is 0.137 e. The molecule has 0 aliphatic heterocycles. The van der Waals surface area contributed by atoms with E-state index in [0.29, 0.717) is 33.9 Å². The maximum Gasteiger partial charge on any atom is 0.137 e. The number of para-hydroxylation sites is 7. The fourth-order valence-electron chi connectivity index (χ4n) is 13.4. The summed E-state index contributed by atoms with van der Waals surface area (Å²) in [7, 11) is 0. The Bertz CT molecular complexity index is 5040. The van der Waals surface area contributed by atoms with E-state index in [4.69, 9.17) is 4.42 Å². The third-order valence-electron chi connectivity index (χ3n) is 16.7. The first-order valence-corrected chi connectivity index (χ1v) is 27.1. The molecule has 0 aliphatic carbocycles. The van der Waals surface area contributed by atoms with Crippen molar-refractivity contribution in [2.45, 2.75) is 26.2 Å². The molecule has 0 fully saturated rings. The van der Waals surface area contributed by atoms with Gasteiger partial charge in [-0.25, -0.2) is 0 Å². The van der Waals surface area contributed by atoms with Crippen LogP contribution in [0.4, 0.5) is 0 Å². The Labute approximate surface area is 453 Å². The number of rotatable bonds is 8. The number of hydrogen-bond acceptors (Lipinski definition) is 3. The highest BCUT2D eigenvalue weighted by Gasteiger charge is 2.35. The summed E-state index contributed by atoms with van der Waals surface area (Å²) in [5.74, 6) is 0. The van der Waals surface area contributed by atoms with Gasteiger partial charge in [-0.1, -0.05) is 177 Å². The Morgan fingerprint density at radius 2 is 0.785 bits per heavy atom. The second-order valence-electron chi connectivity index (χ2n) is 20.7. The Morgan fingerprint density at radius 3 is 1.28 bits per heavy atom. The van der Waals surface area contributed by atoms with Gasteiger partial charge >= 0.3 is 0 Å². The number of benzene rings is 11. The lowest BCUT2D eigenvalue weighted by molar-refractivity contribution is 0.669. The van der Waals surface area contributed by atoms with Crippen LogP contribution in [0.1, 0.15) is 36.5 Å². The summed E-state index contributed by atoms with van der Waals surface area (Å²) < 4.78 is 16.0. The van der Waals surface area contributed by atoms with Crippen molar-refractivity contribution in [2.75, 3.05) is 0 Å². The molecule has 0 atom stereocenters. The third kappa shape index (κ3) is 6.21. The average Bonchev–Trinajstić information content (AvgIpc) is 3.99. The van der Waals surface area contributed by atoms with Gasteiger partial charge in [0, 0.05) is 48.5 Å². The van der Waals surface area contributed by atoms with Crippen molar-refractivity contribution < 1.29 is 4.42 Å². The van der Waals surface area contributed by atoms with Crippen molar-refractivity contribution in [1.29, 1.82) is 10.5 Å². The van der Waals surface area contributed by atoms with Crippen LogP contribution in [0.5, 0.6) is 0 Å². The van der Waals surface area contributed by atoms with Crippen LogP contribution in [0.15, 0.2) is 229 Å². The molecule has 7 nitrogen and oxygen atoms in total. The first kappa shape index (κ1) is 44.7. The van der Waals surface area contributed by atoms with Crippen LogP contribution in [0.25, 0.3) is 143 Å². The van der Waals surface area contributed by atoms with Crippen molar-refractivity contribution >= 4 is 109 Å². The Balaban J connectivity index is 1.24. The zero-order valence-electron chi connectivity index (χ0n) is 43.1. The quantitative estimate of drug-likeness (QED) is 0.152. The molecule has 0 amide bonds. The minimum absolute atomic E-state index is 0.356. The van der Waals surface area contributed by atoms with Crippen LogP contribution in [0, 0.1) is 22.7 Å². The highest BCUT2D eigenvalue weighted by atomic mass is 16.3. The molecule has 0 aliphatic rings. The van der Waals surface area contributed by atoms with Crippen molar-refractivity contribution in [2.24, 2.45) is 0 Å². The Hall–Kier alpha value is -10.6. The zero-order chi connectivity index (χ0) is 52.5. The highest BCUT2D eigenvalue weighted by molar-refractivity contribution is 6.26. The van der Waals surface area contributed by atoms with Crippen LogP contribution in [0.2, 0.25) is 0 Å². The van der Waals surface area contributed by atoms with E-state index in [1.54, 1.807) is 0 Å². The number of furan rings is 1. The largest absolute Gasteiger partial charge is 0.456 e. The topological polar surface area (TPSA) is 80.4 Å². The molecule has 5 aromatic heterocycles. The van der Waals surface area contributed by atoms with Gasteiger partial charge in [0.05, 0.1) is 72.3 Å². The van der Waals surface area contributed by atoms with Crippen LogP contribution < -0.4 is 0 Å². The Kier molecular flexibility index (Phi) is 9.73. The molecule has 7 heteroatoms. The minimum Gasteiger partial charge on any atom is -0.456 e. The number of fused-ring (bicyclic) bond motifs is 16. The van der Waals surface area contributed by atoms with Gasteiger partial charge in [-0.05, 0) is 90.2 Å². The SMILES string of the molecule is CCCCc1ccccc1-c1ccc2c3ccc4oc5ccccc5c4c3n(-c3c(-n4c5ccccc5c5ccccc54)c(C#N)c(-n4c5ccccc5c5ccccc54)c(C#N)c3-n3c4ccccc4c4ccccc43)c2c1. The fourth-order valence-corrected chi connectivity index (χ4v) is 13.4.